The molecule has 0 fully saturated rings. The predicted molar refractivity (Wildman–Crippen MR) is 71.0 cm³/mol. The van der Waals surface area contributed by atoms with E-state index in [1.165, 1.54) is 11.3 Å². The number of carbonyl (C=O) groups excluding carboxylic acids is 1. The monoisotopic (exact) mass is 281 g/mol. The molecule has 0 bridgehead atoms. The Morgan fingerprint density at radius 1 is 1.47 bits per heavy atom. The van der Waals surface area contributed by atoms with Crippen LogP contribution in [0.25, 0.3) is 0 Å². The number of amides is 1. The van der Waals surface area contributed by atoms with Crippen molar-refractivity contribution in [2.24, 2.45) is 7.05 Å². The number of aromatic nitrogens is 5. The van der Waals surface area contributed by atoms with Crippen LogP contribution in [0.3, 0.4) is 0 Å². The summed E-state index contributed by atoms with van der Waals surface area (Å²) in [5.41, 5.74) is 0. The summed E-state index contributed by atoms with van der Waals surface area (Å²) in [6, 6.07) is -0.244. The SMILES string of the molecule is CCNc1nnc(C(=O)NC(C)c2nncn2C)s1. The lowest BCUT2D eigenvalue weighted by Crippen LogP contribution is -2.28. The Labute approximate surface area is 114 Å². The molecule has 2 rings (SSSR count). The van der Waals surface area contributed by atoms with Crippen molar-refractivity contribution in [3.8, 4) is 0 Å². The van der Waals surface area contributed by atoms with E-state index in [0.29, 0.717) is 16.0 Å². The molecule has 19 heavy (non-hydrogen) atoms. The number of nitrogens with zero attached hydrogens (tertiary/aromatic N) is 5. The van der Waals surface area contributed by atoms with Crippen LogP contribution in [0.4, 0.5) is 5.13 Å². The van der Waals surface area contributed by atoms with E-state index < -0.39 is 0 Å². The third kappa shape index (κ3) is 3.05. The highest BCUT2D eigenvalue weighted by molar-refractivity contribution is 7.17. The van der Waals surface area contributed by atoms with E-state index in [2.05, 4.69) is 31.0 Å². The fourth-order valence-corrected chi connectivity index (χ4v) is 2.26. The van der Waals surface area contributed by atoms with Gasteiger partial charge in [-0.1, -0.05) is 11.3 Å². The van der Waals surface area contributed by atoms with E-state index in [9.17, 15) is 4.79 Å². The average molecular weight is 281 g/mol. The van der Waals surface area contributed by atoms with Crippen LogP contribution in [0.1, 0.15) is 35.5 Å². The molecular weight excluding hydrogens is 266 g/mol. The molecule has 102 valence electrons. The van der Waals surface area contributed by atoms with Gasteiger partial charge in [-0.05, 0) is 13.8 Å². The van der Waals surface area contributed by atoms with Crippen molar-refractivity contribution in [2.45, 2.75) is 19.9 Å². The van der Waals surface area contributed by atoms with Gasteiger partial charge in [-0.25, -0.2) is 0 Å². The smallest absolute Gasteiger partial charge is 0.282 e. The van der Waals surface area contributed by atoms with Gasteiger partial charge in [0.2, 0.25) is 10.1 Å². The number of hydrogen-bond acceptors (Lipinski definition) is 7. The Morgan fingerprint density at radius 3 is 2.89 bits per heavy atom. The lowest BCUT2D eigenvalue weighted by molar-refractivity contribution is 0.0936. The van der Waals surface area contributed by atoms with Gasteiger partial charge >= 0.3 is 0 Å². The van der Waals surface area contributed by atoms with Crippen molar-refractivity contribution >= 4 is 22.4 Å². The number of hydrogen-bond donors (Lipinski definition) is 2. The van der Waals surface area contributed by atoms with Crippen LogP contribution < -0.4 is 10.6 Å². The van der Waals surface area contributed by atoms with Crippen LogP contribution in [-0.4, -0.2) is 37.4 Å². The molecule has 0 saturated heterocycles. The van der Waals surface area contributed by atoms with Crippen molar-refractivity contribution in [3.05, 3.63) is 17.2 Å². The van der Waals surface area contributed by atoms with Gasteiger partial charge in [0.1, 0.15) is 6.33 Å². The van der Waals surface area contributed by atoms with Crippen molar-refractivity contribution in [1.29, 1.82) is 0 Å². The molecule has 1 amide bonds. The van der Waals surface area contributed by atoms with Gasteiger partial charge in [0, 0.05) is 13.6 Å². The first kappa shape index (κ1) is 13.4. The fraction of sp³-hybridized carbons (Fsp3) is 0.500. The molecule has 8 nitrogen and oxygen atoms in total. The van der Waals surface area contributed by atoms with E-state index in [-0.39, 0.29) is 11.9 Å². The first-order chi connectivity index (χ1) is 9.11. The summed E-state index contributed by atoms with van der Waals surface area (Å²) in [7, 11) is 1.83. The molecule has 9 heteroatoms. The van der Waals surface area contributed by atoms with E-state index in [1.54, 1.807) is 10.9 Å². The standard InChI is InChI=1S/C10H15N7OS/c1-4-11-10-16-15-9(19-10)8(18)13-6(2)7-14-12-5-17(7)3/h5-6H,4H2,1-3H3,(H,11,16)(H,13,18). The van der Waals surface area contributed by atoms with Crippen LogP contribution >= 0.6 is 11.3 Å². The molecule has 2 N–H and O–H groups in total. The maximum atomic E-state index is 12.0. The molecule has 0 spiro atoms. The Kier molecular flexibility index (Phi) is 4.05. The highest BCUT2D eigenvalue weighted by Crippen LogP contribution is 2.16. The third-order valence-electron chi connectivity index (χ3n) is 2.43. The largest absolute Gasteiger partial charge is 0.360 e. The van der Waals surface area contributed by atoms with Gasteiger partial charge in [0.25, 0.3) is 5.91 Å². The zero-order valence-corrected chi connectivity index (χ0v) is 11.7. The number of rotatable bonds is 5. The summed E-state index contributed by atoms with van der Waals surface area (Å²) in [5.74, 6) is 0.418. The third-order valence-corrected chi connectivity index (χ3v) is 3.31. The Hall–Kier alpha value is -2.03. The van der Waals surface area contributed by atoms with Gasteiger partial charge in [-0.2, -0.15) is 0 Å². The second-order valence-corrected chi connectivity index (χ2v) is 4.92. The molecule has 2 aromatic heterocycles. The lowest BCUT2D eigenvalue weighted by Gasteiger charge is -2.11. The second kappa shape index (κ2) is 5.74. The molecule has 0 aromatic carbocycles. The molecule has 0 radical (unpaired) electrons. The summed E-state index contributed by atoms with van der Waals surface area (Å²) < 4.78 is 1.76. The van der Waals surface area contributed by atoms with Crippen LogP contribution in [0.2, 0.25) is 0 Å². The maximum Gasteiger partial charge on any atom is 0.282 e. The number of carbonyl (C=O) groups is 1. The van der Waals surface area contributed by atoms with Crippen LogP contribution in [0.15, 0.2) is 6.33 Å². The van der Waals surface area contributed by atoms with Crippen LogP contribution in [-0.2, 0) is 7.05 Å². The molecule has 2 heterocycles. The Morgan fingerprint density at radius 2 is 2.26 bits per heavy atom. The maximum absolute atomic E-state index is 12.0. The van der Waals surface area contributed by atoms with Gasteiger partial charge in [0.15, 0.2) is 5.82 Å². The summed E-state index contributed by atoms with van der Waals surface area (Å²) in [6.45, 7) is 4.54. The first-order valence-electron chi connectivity index (χ1n) is 5.84. The van der Waals surface area contributed by atoms with E-state index in [1.807, 2.05) is 20.9 Å². The second-order valence-electron chi connectivity index (χ2n) is 3.94. The highest BCUT2D eigenvalue weighted by Gasteiger charge is 2.18. The fourth-order valence-electron chi connectivity index (χ4n) is 1.54. The molecule has 1 unspecified atom stereocenters. The molecule has 1 atom stereocenters. The van der Waals surface area contributed by atoms with Crippen molar-refractivity contribution in [1.82, 2.24) is 30.3 Å². The summed E-state index contributed by atoms with van der Waals surface area (Å²) in [6.07, 6.45) is 1.59. The number of nitrogens with one attached hydrogen (secondary N) is 2. The van der Waals surface area contributed by atoms with E-state index in [4.69, 9.17) is 0 Å². The molecule has 0 aliphatic rings. The summed E-state index contributed by atoms with van der Waals surface area (Å²) >= 11 is 1.22. The van der Waals surface area contributed by atoms with Crippen LogP contribution in [0.5, 0.6) is 0 Å². The number of aryl methyl sites for hydroxylation is 1. The van der Waals surface area contributed by atoms with Gasteiger partial charge in [0.05, 0.1) is 6.04 Å². The van der Waals surface area contributed by atoms with Gasteiger partial charge < -0.3 is 15.2 Å². The average Bonchev–Trinajstić information content (AvgIpc) is 2.98. The topological polar surface area (TPSA) is 97.6 Å². The van der Waals surface area contributed by atoms with Crippen molar-refractivity contribution < 1.29 is 4.79 Å². The quantitative estimate of drug-likeness (QED) is 0.832. The summed E-state index contributed by atoms with van der Waals surface area (Å²) in [5, 5.41) is 22.2. The molecule has 0 aliphatic heterocycles. The molecular formula is C10H15N7OS. The molecule has 0 saturated carbocycles. The minimum Gasteiger partial charge on any atom is -0.360 e. The summed E-state index contributed by atoms with van der Waals surface area (Å²) in [4.78, 5) is 12.0. The normalized spacial score (nSPS) is 12.2. The van der Waals surface area contributed by atoms with E-state index in [0.717, 1.165) is 6.54 Å². The van der Waals surface area contributed by atoms with Gasteiger partial charge in [-0.15, -0.1) is 20.4 Å². The Balaban J connectivity index is 2.02. The Bertz CT molecular complexity index is 564. The first-order valence-corrected chi connectivity index (χ1v) is 6.65. The molecule has 0 aliphatic carbocycles. The number of anilines is 1. The highest BCUT2D eigenvalue weighted by atomic mass is 32.1. The van der Waals surface area contributed by atoms with Crippen molar-refractivity contribution in [2.75, 3.05) is 11.9 Å². The minimum absolute atomic E-state index is 0.244. The van der Waals surface area contributed by atoms with Crippen LogP contribution in [0, 0.1) is 0 Å². The zero-order chi connectivity index (χ0) is 13.8. The minimum atomic E-state index is -0.267. The van der Waals surface area contributed by atoms with E-state index >= 15 is 0 Å². The lowest BCUT2D eigenvalue weighted by atomic mass is 10.3. The van der Waals surface area contributed by atoms with Gasteiger partial charge in [-0.3, -0.25) is 4.79 Å². The zero-order valence-electron chi connectivity index (χ0n) is 10.9. The predicted octanol–water partition coefficient (Wildman–Crippen LogP) is 0.589. The van der Waals surface area contributed by atoms with Crippen molar-refractivity contribution in [3.63, 3.8) is 0 Å². The molecule has 2 aromatic rings.